The summed E-state index contributed by atoms with van der Waals surface area (Å²) >= 11 is 1.22. The second-order valence-electron chi connectivity index (χ2n) is 6.02. The molecule has 1 aliphatic rings. The molecule has 0 bridgehead atoms. The van der Waals surface area contributed by atoms with Gasteiger partial charge in [0.15, 0.2) is 17.0 Å². The second-order valence-corrected chi connectivity index (χ2v) is 7.16. The highest BCUT2D eigenvalue weighted by molar-refractivity contribution is 8.05. The van der Waals surface area contributed by atoms with Gasteiger partial charge in [0.1, 0.15) is 0 Å². The van der Waals surface area contributed by atoms with Gasteiger partial charge >= 0.3 is 0 Å². The van der Waals surface area contributed by atoms with E-state index in [1.54, 1.807) is 0 Å². The maximum absolute atomic E-state index is 12.3. The van der Waals surface area contributed by atoms with Gasteiger partial charge in [-0.1, -0.05) is 30.8 Å². The molecule has 2 aromatic carbocycles. The number of rotatable bonds is 6. The van der Waals surface area contributed by atoms with Crippen LogP contribution in [0.25, 0.3) is 6.08 Å². The predicted molar refractivity (Wildman–Crippen MR) is 108 cm³/mol. The molecular formula is C19H19N3O5S. The van der Waals surface area contributed by atoms with Crippen molar-refractivity contribution in [1.29, 1.82) is 0 Å². The van der Waals surface area contributed by atoms with Crippen LogP contribution in [-0.4, -0.2) is 28.5 Å². The first kappa shape index (κ1) is 19.6. The van der Waals surface area contributed by atoms with Gasteiger partial charge in [0.25, 0.3) is 11.6 Å². The molecule has 1 fully saturated rings. The van der Waals surface area contributed by atoms with Crippen LogP contribution in [0, 0.1) is 10.1 Å². The highest BCUT2D eigenvalue weighted by atomic mass is 32.2. The lowest BCUT2D eigenvalue weighted by atomic mass is 10.1. The molecule has 1 saturated heterocycles. The Labute approximate surface area is 165 Å². The van der Waals surface area contributed by atoms with Gasteiger partial charge in [-0.05, 0) is 30.2 Å². The molecule has 0 unspecified atom stereocenters. The van der Waals surface area contributed by atoms with Crippen molar-refractivity contribution in [1.82, 2.24) is 5.32 Å². The maximum Gasteiger partial charge on any atom is 0.274 e. The zero-order chi connectivity index (χ0) is 20.3. The minimum Gasteiger partial charge on any atom is -0.504 e. The number of phenolic OH excluding ortho intramolecular Hbond substituents is 1. The van der Waals surface area contributed by atoms with Gasteiger partial charge in [-0.2, -0.15) is 0 Å². The molecule has 3 rings (SSSR count). The summed E-state index contributed by atoms with van der Waals surface area (Å²) in [4.78, 5) is 23.1. The summed E-state index contributed by atoms with van der Waals surface area (Å²) in [6, 6.07) is 10.2. The number of phenols is 1. The van der Waals surface area contributed by atoms with Crippen molar-refractivity contribution in [3.05, 3.63) is 62.5 Å². The van der Waals surface area contributed by atoms with E-state index in [2.05, 4.69) is 17.6 Å². The van der Waals surface area contributed by atoms with Crippen molar-refractivity contribution >= 4 is 35.1 Å². The van der Waals surface area contributed by atoms with Crippen LogP contribution in [0.3, 0.4) is 0 Å². The molecule has 28 heavy (non-hydrogen) atoms. The number of carbonyl (C=O) groups excluding carboxylic acids is 1. The zero-order valence-electron chi connectivity index (χ0n) is 15.3. The van der Waals surface area contributed by atoms with Crippen LogP contribution >= 0.6 is 11.8 Å². The summed E-state index contributed by atoms with van der Waals surface area (Å²) in [5.74, 6) is -0.631. The van der Waals surface area contributed by atoms with Crippen LogP contribution in [0.2, 0.25) is 0 Å². The van der Waals surface area contributed by atoms with E-state index in [-0.39, 0.29) is 28.7 Å². The van der Waals surface area contributed by atoms with Crippen LogP contribution < -0.4 is 15.4 Å². The van der Waals surface area contributed by atoms with Crippen molar-refractivity contribution < 1.29 is 19.6 Å². The van der Waals surface area contributed by atoms with Crippen LogP contribution in [0.4, 0.5) is 11.4 Å². The number of nitro groups is 1. The average Bonchev–Trinajstić information content (AvgIpc) is 3.02. The number of hydrogen-bond acceptors (Lipinski definition) is 7. The Kier molecular flexibility index (Phi) is 5.74. The van der Waals surface area contributed by atoms with Crippen molar-refractivity contribution in [3.8, 4) is 11.5 Å². The monoisotopic (exact) mass is 401 g/mol. The molecule has 0 spiro atoms. The number of ether oxygens (including phenoxy) is 1. The summed E-state index contributed by atoms with van der Waals surface area (Å²) < 4.78 is 4.98. The standard InChI is InChI=1S/C19H19N3O5S/c1-3-11-4-6-13(7-5-11)20-19-21-18(24)16(28-19)9-12-8-14(22(25)26)10-15(27-2)17(12)23/h4-10,19-20,23H,3H2,1-2H3,(H,21,24)/b16-9-/t19-/m1/s1. The fourth-order valence-corrected chi connectivity index (χ4v) is 3.66. The molecule has 1 heterocycles. The van der Waals surface area contributed by atoms with Gasteiger partial charge in [-0.15, -0.1) is 0 Å². The summed E-state index contributed by atoms with van der Waals surface area (Å²) in [5.41, 5.74) is 1.57. The van der Waals surface area contributed by atoms with Crippen LogP contribution in [-0.2, 0) is 11.2 Å². The fraction of sp³-hybridized carbons (Fsp3) is 0.211. The number of aromatic hydroxyl groups is 1. The number of thioether (sulfide) groups is 1. The number of aryl methyl sites for hydroxylation is 1. The normalized spacial score (nSPS) is 17.4. The lowest BCUT2D eigenvalue weighted by molar-refractivity contribution is -0.385. The Bertz CT molecular complexity index is 943. The number of anilines is 1. The number of benzene rings is 2. The SMILES string of the molecule is CCc1ccc(N[C@@H]2NC(=O)/C(=C/c3cc([N+](=O)[O-])cc(OC)c3O)S2)cc1. The minimum atomic E-state index is -0.587. The smallest absolute Gasteiger partial charge is 0.274 e. The van der Waals surface area contributed by atoms with E-state index in [1.807, 2.05) is 24.3 Å². The maximum atomic E-state index is 12.3. The number of nitrogens with one attached hydrogen (secondary N) is 2. The van der Waals surface area contributed by atoms with Crippen molar-refractivity contribution in [3.63, 3.8) is 0 Å². The lowest BCUT2D eigenvalue weighted by Crippen LogP contribution is -2.30. The third-order valence-corrected chi connectivity index (χ3v) is 5.23. The van der Waals surface area contributed by atoms with Crippen LogP contribution in [0.5, 0.6) is 11.5 Å². The molecule has 3 N–H and O–H groups in total. The Balaban J connectivity index is 1.82. The fourth-order valence-electron chi connectivity index (χ4n) is 2.68. The lowest BCUT2D eigenvalue weighted by Gasteiger charge is -2.12. The molecule has 1 atom stereocenters. The quantitative estimate of drug-likeness (QED) is 0.386. The van der Waals surface area contributed by atoms with Gasteiger partial charge in [-0.25, -0.2) is 0 Å². The summed E-state index contributed by atoms with van der Waals surface area (Å²) in [5, 5.41) is 27.3. The number of methoxy groups -OCH3 is 1. The van der Waals surface area contributed by atoms with Crippen LogP contribution in [0.15, 0.2) is 41.3 Å². The Morgan fingerprint density at radius 3 is 2.68 bits per heavy atom. The van der Waals surface area contributed by atoms with E-state index in [0.717, 1.165) is 18.2 Å². The van der Waals surface area contributed by atoms with Gasteiger partial charge in [0.2, 0.25) is 0 Å². The molecule has 146 valence electrons. The number of non-ortho nitro benzene ring substituents is 1. The number of nitrogens with zero attached hydrogens (tertiary/aromatic N) is 1. The molecule has 8 nitrogen and oxygen atoms in total. The van der Waals surface area contributed by atoms with Crippen LogP contribution in [0.1, 0.15) is 18.1 Å². The largest absolute Gasteiger partial charge is 0.504 e. The number of hydrogen-bond donors (Lipinski definition) is 3. The predicted octanol–water partition coefficient (Wildman–Crippen LogP) is 3.47. The van der Waals surface area contributed by atoms with Crippen molar-refractivity contribution in [2.75, 3.05) is 12.4 Å². The minimum absolute atomic E-state index is 0.0323. The highest BCUT2D eigenvalue weighted by Crippen LogP contribution is 2.38. The highest BCUT2D eigenvalue weighted by Gasteiger charge is 2.28. The van der Waals surface area contributed by atoms with Gasteiger partial charge in [0.05, 0.1) is 23.0 Å². The van der Waals surface area contributed by atoms with E-state index < -0.39 is 10.4 Å². The molecule has 0 aliphatic carbocycles. The molecule has 2 aromatic rings. The van der Waals surface area contributed by atoms with Gasteiger partial charge in [0, 0.05) is 17.3 Å². The average molecular weight is 401 g/mol. The van der Waals surface area contributed by atoms with Gasteiger partial charge in [-0.3, -0.25) is 14.9 Å². The van der Waals surface area contributed by atoms with Crippen molar-refractivity contribution in [2.24, 2.45) is 0 Å². The topological polar surface area (TPSA) is 114 Å². The Morgan fingerprint density at radius 1 is 1.36 bits per heavy atom. The van der Waals surface area contributed by atoms with E-state index in [1.165, 1.54) is 36.6 Å². The molecule has 1 amide bonds. The Morgan fingerprint density at radius 2 is 2.07 bits per heavy atom. The third kappa shape index (κ3) is 4.20. The van der Waals surface area contributed by atoms with E-state index >= 15 is 0 Å². The molecule has 1 aliphatic heterocycles. The third-order valence-electron chi connectivity index (χ3n) is 4.20. The number of carbonyl (C=O) groups is 1. The summed E-state index contributed by atoms with van der Waals surface area (Å²) in [7, 11) is 1.30. The van der Waals surface area contributed by atoms with E-state index in [4.69, 9.17) is 4.74 Å². The second kappa shape index (κ2) is 8.22. The molecule has 9 heteroatoms. The number of nitro benzene ring substituents is 1. The van der Waals surface area contributed by atoms with E-state index in [0.29, 0.717) is 4.91 Å². The first-order valence-electron chi connectivity index (χ1n) is 8.51. The van der Waals surface area contributed by atoms with Crippen molar-refractivity contribution in [2.45, 2.75) is 18.8 Å². The molecule has 0 aromatic heterocycles. The van der Waals surface area contributed by atoms with E-state index in [9.17, 15) is 20.0 Å². The molecular weight excluding hydrogens is 382 g/mol. The summed E-state index contributed by atoms with van der Waals surface area (Å²) in [6.07, 6.45) is 2.35. The molecule has 0 saturated carbocycles. The first-order valence-corrected chi connectivity index (χ1v) is 9.39. The number of amides is 1. The summed E-state index contributed by atoms with van der Waals surface area (Å²) in [6.45, 7) is 2.07. The molecule has 0 radical (unpaired) electrons. The first-order chi connectivity index (χ1) is 13.4. The Hall–Kier alpha value is -3.20. The van der Waals surface area contributed by atoms with Gasteiger partial charge < -0.3 is 20.5 Å². The zero-order valence-corrected chi connectivity index (χ0v) is 16.1.